The minimum Gasteiger partial charge on any atom is -0.468 e. The Morgan fingerprint density at radius 1 is 1.32 bits per heavy atom. The van der Waals surface area contributed by atoms with E-state index in [-0.39, 0.29) is 30.0 Å². The van der Waals surface area contributed by atoms with E-state index in [1.807, 2.05) is 12.1 Å². The number of rotatable bonds is 8. The molecule has 25 heavy (non-hydrogen) atoms. The van der Waals surface area contributed by atoms with Crippen LogP contribution in [0.2, 0.25) is 0 Å². The van der Waals surface area contributed by atoms with E-state index in [1.165, 1.54) is 25.7 Å². The molecule has 0 spiro atoms. The summed E-state index contributed by atoms with van der Waals surface area (Å²) in [6.45, 7) is 4.56. The van der Waals surface area contributed by atoms with Gasteiger partial charge in [-0.15, -0.1) is 24.0 Å². The molecule has 5 nitrogen and oxygen atoms in total. The molecule has 1 unspecified atom stereocenters. The van der Waals surface area contributed by atoms with Gasteiger partial charge in [0.15, 0.2) is 5.96 Å². The first-order valence-electron chi connectivity index (χ1n) is 9.10. The maximum Gasteiger partial charge on any atom is 0.191 e. The molecule has 0 saturated carbocycles. The number of halogens is 1. The zero-order chi connectivity index (χ0) is 17.2. The van der Waals surface area contributed by atoms with Crippen LogP contribution in [-0.2, 0) is 0 Å². The van der Waals surface area contributed by atoms with E-state index in [2.05, 4.69) is 42.6 Å². The summed E-state index contributed by atoms with van der Waals surface area (Å²) in [5.74, 6) is 1.83. The molecule has 2 rings (SSSR count). The highest BCUT2D eigenvalue weighted by Gasteiger charge is 2.16. The second-order valence-electron chi connectivity index (χ2n) is 6.50. The quantitative estimate of drug-likeness (QED) is 0.267. The van der Waals surface area contributed by atoms with Crippen LogP contribution < -0.4 is 10.6 Å². The first kappa shape index (κ1) is 22.0. The lowest BCUT2D eigenvalue weighted by atomic mass is 9.97. The van der Waals surface area contributed by atoms with Crippen molar-refractivity contribution in [2.45, 2.75) is 45.1 Å². The molecular formula is C19H33IN4O. The largest absolute Gasteiger partial charge is 0.468 e. The van der Waals surface area contributed by atoms with Crippen molar-refractivity contribution in [3.05, 3.63) is 35.8 Å². The Labute approximate surface area is 169 Å². The molecule has 0 amide bonds. The molecule has 0 bridgehead atoms. The van der Waals surface area contributed by atoms with Crippen molar-refractivity contribution >= 4 is 29.9 Å². The van der Waals surface area contributed by atoms with E-state index in [4.69, 9.17) is 9.41 Å². The van der Waals surface area contributed by atoms with Crippen molar-refractivity contribution in [2.75, 3.05) is 33.7 Å². The van der Waals surface area contributed by atoms with Gasteiger partial charge in [0.2, 0.25) is 0 Å². The SMILES string of the molecule is CCNC(=NCC(c1ccco1)N(C)C)NCCC1=CCCCC1.I. The lowest BCUT2D eigenvalue weighted by Crippen LogP contribution is -2.38. The molecule has 6 heteroatoms. The fourth-order valence-electron chi connectivity index (χ4n) is 2.98. The zero-order valence-electron chi connectivity index (χ0n) is 15.8. The molecule has 1 heterocycles. The Morgan fingerprint density at radius 2 is 2.16 bits per heavy atom. The van der Waals surface area contributed by atoms with Crippen molar-refractivity contribution in [3.8, 4) is 0 Å². The van der Waals surface area contributed by atoms with Gasteiger partial charge in [-0.3, -0.25) is 9.89 Å². The number of guanidine groups is 1. The first-order valence-corrected chi connectivity index (χ1v) is 9.10. The van der Waals surface area contributed by atoms with Gasteiger partial charge in [0, 0.05) is 13.1 Å². The zero-order valence-corrected chi connectivity index (χ0v) is 18.1. The number of nitrogens with zero attached hydrogens (tertiary/aromatic N) is 2. The third-order valence-electron chi connectivity index (χ3n) is 4.39. The summed E-state index contributed by atoms with van der Waals surface area (Å²) < 4.78 is 5.55. The Hall–Kier alpha value is -1.02. The van der Waals surface area contributed by atoms with Crippen molar-refractivity contribution < 1.29 is 4.42 Å². The van der Waals surface area contributed by atoms with E-state index in [9.17, 15) is 0 Å². The molecule has 1 aliphatic carbocycles. The molecule has 1 aromatic rings. The van der Waals surface area contributed by atoms with Gasteiger partial charge >= 0.3 is 0 Å². The van der Waals surface area contributed by atoms with Crippen LogP contribution in [0, 0.1) is 0 Å². The molecule has 1 aliphatic rings. The summed E-state index contributed by atoms with van der Waals surface area (Å²) >= 11 is 0. The number of aliphatic imine (C=N–C) groups is 1. The molecule has 0 radical (unpaired) electrons. The summed E-state index contributed by atoms with van der Waals surface area (Å²) in [5, 5.41) is 6.79. The summed E-state index contributed by atoms with van der Waals surface area (Å²) in [6.07, 6.45) is 10.4. The van der Waals surface area contributed by atoms with Gasteiger partial charge in [0.25, 0.3) is 0 Å². The smallest absolute Gasteiger partial charge is 0.191 e. The lowest BCUT2D eigenvalue weighted by Gasteiger charge is -2.21. The van der Waals surface area contributed by atoms with Crippen LogP contribution in [0.4, 0.5) is 0 Å². The number of nitrogens with one attached hydrogen (secondary N) is 2. The number of hydrogen-bond donors (Lipinski definition) is 2. The van der Waals surface area contributed by atoms with Crippen LogP contribution in [-0.4, -0.2) is 44.6 Å². The van der Waals surface area contributed by atoms with Gasteiger partial charge in [0.05, 0.1) is 18.8 Å². The highest BCUT2D eigenvalue weighted by Crippen LogP contribution is 2.20. The molecule has 0 saturated heterocycles. The standard InChI is InChI=1S/C19H32N4O.HI/c1-4-20-19(21-13-12-16-9-6-5-7-10-16)22-15-17(23(2)3)18-11-8-14-24-18;/h8-9,11,14,17H,4-7,10,12-13,15H2,1-3H3,(H2,20,21,22);1H. The Morgan fingerprint density at radius 3 is 2.76 bits per heavy atom. The summed E-state index contributed by atoms with van der Waals surface area (Å²) in [5.41, 5.74) is 1.59. The summed E-state index contributed by atoms with van der Waals surface area (Å²) in [4.78, 5) is 6.88. The predicted octanol–water partition coefficient (Wildman–Crippen LogP) is 3.95. The molecule has 0 fully saturated rings. The second-order valence-corrected chi connectivity index (χ2v) is 6.50. The lowest BCUT2D eigenvalue weighted by molar-refractivity contribution is 0.265. The molecular weight excluding hydrogens is 427 g/mol. The minimum absolute atomic E-state index is 0. The molecule has 0 aromatic carbocycles. The maximum atomic E-state index is 5.55. The average molecular weight is 460 g/mol. The van der Waals surface area contributed by atoms with Gasteiger partial charge in [-0.25, -0.2) is 0 Å². The van der Waals surface area contributed by atoms with Crippen molar-refractivity contribution in [3.63, 3.8) is 0 Å². The van der Waals surface area contributed by atoms with Crippen molar-refractivity contribution in [2.24, 2.45) is 4.99 Å². The Bertz CT molecular complexity index is 526. The van der Waals surface area contributed by atoms with Crippen molar-refractivity contribution in [1.82, 2.24) is 15.5 Å². The van der Waals surface area contributed by atoms with E-state index in [0.29, 0.717) is 6.54 Å². The van der Waals surface area contributed by atoms with E-state index >= 15 is 0 Å². The van der Waals surface area contributed by atoms with Crippen LogP contribution in [0.3, 0.4) is 0 Å². The van der Waals surface area contributed by atoms with Crippen molar-refractivity contribution in [1.29, 1.82) is 0 Å². The monoisotopic (exact) mass is 460 g/mol. The summed E-state index contributed by atoms with van der Waals surface area (Å²) in [7, 11) is 4.11. The highest BCUT2D eigenvalue weighted by molar-refractivity contribution is 14.0. The molecule has 142 valence electrons. The molecule has 2 N–H and O–H groups in total. The Kier molecular flexibility index (Phi) is 10.9. The van der Waals surface area contributed by atoms with Gasteiger partial charge in [-0.1, -0.05) is 11.6 Å². The maximum absolute atomic E-state index is 5.55. The number of likely N-dealkylation sites (N-methyl/N-ethyl adjacent to an activating group) is 1. The van der Waals surface area contributed by atoms with Crippen LogP contribution in [0.25, 0.3) is 0 Å². The van der Waals surface area contributed by atoms with E-state index in [0.717, 1.165) is 31.2 Å². The van der Waals surface area contributed by atoms with E-state index in [1.54, 1.807) is 11.8 Å². The number of hydrogen-bond acceptors (Lipinski definition) is 3. The van der Waals surface area contributed by atoms with Crippen LogP contribution in [0.1, 0.15) is 50.8 Å². The minimum atomic E-state index is 0. The summed E-state index contributed by atoms with van der Waals surface area (Å²) in [6, 6.07) is 4.09. The molecule has 0 aliphatic heterocycles. The fraction of sp³-hybridized carbons (Fsp3) is 0.632. The Balaban J connectivity index is 0.00000312. The number of allylic oxidation sites excluding steroid dienone is 1. The van der Waals surface area contributed by atoms with Gasteiger partial charge in [-0.2, -0.15) is 0 Å². The fourth-order valence-corrected chi connectivity index (χ4v) is 2.98. The average Bonchev–Trinajstić information content (AvgIpc) is 3.10. The van der Waals surface area contributed by atoms with Gasteiger partial charge in [-0.05, 0) is 65.3 Å². The topological polar surface area (TPSA) is 52.8 Å². The third-order valence-corrected chi connectivity index (χ3v) is 4.39. The molecule has 1 atom stereocenters. The van der Waals surface area contributed by atoms with Gasteiger partial charge in [0.1, 0.15) is 5.76 Å². The van der Waals surface area contributed by atoms with E-state index < -0.39 is 0 Å². The van der Waals surface area contributed by atoms with Crippen LogP contribution in [0.5, 0.6) is 0 Å². The number of furan rings is 1. The van der Waals surface area contributed by atoms with Gasteiger partial charge < -0.3 is 15.1 Å². The van der Waals surface area contributed by atoms with Crippen LogP contribution in [0.15, 0.2) is 39.5 Å². The first-order chi connectivity index (χ1) is 11.7. The third kappa shape index (κ3) is 7.81. The molecule has 1 aromatic heterocycles. The highest BCUT2D eigenvalue weighted by atomic mass is 127. The normalized spacial score (nSPS) is 16.2. The van der Waals surface area contributed by atoms with Crippen LogP contribution >= 0.6 is 24.0 Å². The predicted molar refractivity (Wildman–Crippen MR) is 116 cm³/mol. The second kappa shape index (κ2) is 12.4.